The first-order chi connectivity index (χ1) is 9.22. The first-order valence-electron chi connectivity index (χ1n) is 7.25. The average Bonchev–Trinajstić information content (AvgIpc) is 2.46. The second kappa shape index (κ2) is 7.04. The molecule has 0 radical (unpaired) electrons. The van der Waals surface area contributed by atoms with Gasteiger partial charge in [0.05, 0.1) is 0 Å². The van der Waals surface area contributed by atoms with Gasteiger partial charge in [0.25, 0.3) is 0 Å². The van der Waals surface area contributed by atoms with E-state index in [9.17, 15) is 0 Å². The van der Waals surface area contributed by atoms with Crippen molar-refractivity contribution in [1.29, 1.82) is 0 Å². The Morgan fingerprint density at radius 3 is 2.79 bits per heavy atom. The van der Waals surface area contributed by atoms with Gasteiger partial charge in [0.2, 0.25) is 0 Å². The molecule has 0 amide bonds. The topological polar surface area (TPSA) is 24.5 Å². The third-order valence-corrected chi connectivity index (χ3v) is 4.13. The van der Waals surface area contributed by atoms with E-state index in [-0.39, 0.29) is 0 Å². The van der Waals surface area contributed by atoms with E-state index in [0.29, 0.717) is 18.1 Å². The molecule has 1 aromatic carbocycles. The van der Waals surface area contributed by atoms with Crippen LogP contribution in [0.3, 0.4) is 0 Å². The molecule has 3 atom stereocenters. The normalized spacial score (nSPS) is 26.3. The van der Waals surface area contributed by atoms with Crippen molar-refractivity contribution in [3.8, 4) is 0 Å². The fourth-order valence-corrected chi connectivity index (χ4v) is 2.86. The van der Waals surface area contributed by atoms with Gasteiger partial charge in [0.1, 0.15) is 0 Å². The molecular weight excluding hydrogens is 236 g/mol. The van der Waals surface area contributed by atoms with Crippen LogP contribution in [0.2, 0.25) is 0 Å². The van der Waals surface area contributed by atoms with Crippen LogP contribution < -0.4 is 5.32 Å². The molecule has 1 N–H and O–H groups in total. The van der Waals surface area contributed by atoms with Crippen molar-refractivity contribution in [3.63, 3.8) is 0 Å². The molecule has 1 aliphatic rings. The van der Waals surface area contributed by atoms with Crippen LogP contribution in [0.1, 0.15) is 31.9 Å². The van der Waals surface area contributed by atoms with Gasteiger partial charge in [-0.05, 0) is 25.8 Å². The van der Waals surface area contributed by atoms with Gasteiger partial charge in [-0.1, -0.05) is 30.3 Å². The van der Waals surface area contributed by atoms with Crippen molar-refractivity contribution in [1.82, 2.24) is 10.2 Å². The molecule has 106 valence electrons. The molecule has 1 fully saturated rings. The van der Waals surface area contributed by atoms with E-state index >= 15 is 0 Å². The summed E-state index contributed by atoms with van der Waals surface area (Å²) in [5.41, 5.74) is 1.39. The van der Waals surface area contributed by atoms with Crippen molar-refractivity contribution < 1.29 is 4.74 Å². The van der Waals surface area contributed by atoms with Crippen LogP contribution in [-0.4, -0.2) is 43.8 Å². The van der Waals surface area contributed by atoms with Crippen molar-refractivity contribution in [2.45, 2.75) is 38.4 Å². The summed E-state index contributed by atoms with van der Waals surface area (Å²) in [5, 5.41) is 3.65. The molecule has 1 saturated heterocycles. The Hall–Kier alpha value is -0.900. The molecule has 2 rings (SSSR count). The van der Waals surface area contributed by atoms with Crippen LogP contribution in [0.15, 0.2) is 30.3 Å². The van der Waals surface area contributed by atoms with Gasteiger partial charge >= 0.3 is 0 Å². The second-order valence-corrected chi connectivity index (χ2v) is 5.55. The Balaban J connectivity index is 1.99. The highest BCUT2D eigenvalue weighted by atomic mass is 16.5. The van der Waals surface area contributed by atoms with Gasteiger partial charge in [-0.2, -0.15) is 0 Å². The molecule has 3 unspecified atom stereocenters. The summed E-state index contributed by atoms with van der Waals surface area (Å²) in [5.74, 6) is 0. The highest BCUT2D eigenvalue weighted by Gasteiger charge is 2.28. The number of rotatable bonds is 5. The van der Waals surface area contributed by atoms with E-state index in [1.165, 1.54) is 5.56 Å². The van der Waals surface area contributed by atoms with Crippen LogP contribution in [0, 0.1) is 0 Å². The zero-order valence-corrected chi connectivity index (χ0v) is 12.3. The van der Waals surface area contributed by atoms with Gasteiger partial charge in [-0.25, -0.2) is 0 Å². The van der Waals surface area contributed by atoms with Crippen molar-refractivity contribution in [3.05, 3.63) is 35.9 Å². The van der Waals surface area contributed by atoms with E-state index in [4.69, 9.17) is 4.74 Å². The molecule has 0 spiro atoms. The Morgan fingerprint density at radius 1 is 1.37 bits per heavy atom. The van der Waals surface area contributed by atoms with Crippen LogP contribution in [0.5, 0.6) is 0 Å². The van der Waals surface area contributed by atoms with Gasteiger partial charge < -0.3 is 10.1 Å². The number of hydrogen-bond acceptors (Lipinski definition) is 3. The lowest BCUT2D eigenvalue weighted by atomic mass is 10.00. The summed E-state index contributed by atoms with van der Waals surface area (Å²) >= 11 is 0. The summed E-state index contributed by atoms with van der Waals surface area (Å²) in [6.07, 6.45) is 1.10. The predicted molar refractivity (Wildman–Crippen MR) is 79.3 cm³/mol. The number of hydrogen-bond donors (Lipinski definition) is 1. The minimum absolute atomic E-state index is 0.447. The quantitative estimate of drug-likeness (QED) is 0.882. The number of piperazine rings is 1. The Kier molecular flexibility index (Phi) is 5.37. The molecular formula is C16H26N2O. The maximum Gasteiger partial charge on any atom is 0.0477 e. The smallest absolute Gasteiger partial charge is 0.0477 e. The van der Waals surface area contributed by atoms with Crippen molar-refractivity contribution >= 4 is 0 Å². The lowest BCUT2D eigenvalue weighted by Gasteiger charge is -2.42. The fraction of sp³-hybridized carbons (Fsp3) is 0.625. The number of nitrogens with zero attached hydrogens (tertiary/aromatic N) is 1. The monoisotopic (exact) mass is 262 g/mol. The third kappa shape index (κ3) is 3.78. The molecule has 3 heteroatoms. The highest BCUT2D eigenvalue weighted by molar-refractivity contribution is 5.20. The predicted octanol–water partition coefficient (Wildman–Crippen LogP) is 2.45. The number of benzene rings is 1. The minimum atomic E-state index is 0.447. The third-order valence-electron chi connectivity index (χ3n) is 4.13. The summed E-state index contributed by atoms with van der Waals surface area (Å²) in [6, 6.07) is 12.4. The summed E-state index contributed by atoms with van der Waals surface area (Å²) in [4.78, 5) is 2.60. The lowest BCUT2D eigenvalue weighted by molar-refractivity contribution is 0.0755. The standard InChI is InChI=1S/C16H26N2O/c1-13(9-10-19-3)18-12-16(17-11-14(18)2)15-7-5-4-6-8-15/h4-8,13-14,16-17H,9-12H2,1-3H3. The molecule has 1 aliphatic heterocycles. The van der Waals surface area contributed by atoms with E-state index in [0.717, 1.165) is 26.1 Å². The zero-order chi connectivity index (χ0) is 13.7. The van der Waals surface area contributed by atoms with Crippen LogP contribution in [-0.2, 0) is 4.74 Å². The van der Waals surface area contributed by atoms with Crippen LogP contribution >= 0.6 is 0 Å². The van der Waals surface area contributed by atoms with E-state index < -0.39 is 0 Å². The molecule has 1 heterocycles. The molecule has 0 aliphatic carbocycles. The molecule has 19 heavy (non-hydrogen) atoms. The summed E-state index contributed by atoms with van der Waals surface area (Å²) in [6.45, 7) is 7.58. The Bertz CT molecular complexity index is 368. The van der Waals surface area contributed by atoms with Gasteiger partial charge in [-0.3, -0.25) is 4.90 Å². The summed E-state index contributed by atoms with van der Waals surface area (Å²) in [7, 11) is 1.78. The maximum absolute atomic E-state index is 5.21. The molecule has 0 saturated carbocycles. The first-order valence-corrected chi connectivity index (χ1v) is 7.25. The van der Waals surface area contributed by atoms with Crippen molar-refractivity contribution in [2.75, 3.05) is 26.8 Å². The van der Waals surface area contributed by atoms with Gasteiger partial charge in [0.15, 0.2) is 0 Å². The SMILES string of the molecule is COCCC(C)N1CC(c2ccccc2)NCC1C. The molecule has 1 aromatic rings. The van der Waals surface area contributed by atoms with E-state index in [2.05, 4.69) is 54.4 Å². The van der Waals surface area contributed by atoms with Crippen LogP contribution in [0.25, 0.3) is 0 Å². The summed E-state index contributed by atoms with van der Waals surface area (Å²) < 4.78 is 5.21. The number of ether oxygens (including phenoxy) is 1. The second-order valence-electron chi connectivity index (χ2n) is 5.55. The molecule has 3 nitrogen and oxygen atoms in total. The van der Waals surface area contributed by atoms with Crippen LogP contribution in [0.4, 0.5) is 0 Å². The van der Waals surface area contributed by atoms with E-state index in [1.807, 2.05) is 0 Å². The lowest BCUT2D eigenvalue weighted by Crippen LogP contribution is -2.54. The molecule has 0 bridgehead atoms. The number of nitrogens with one attached hydrogen (secondary N) is 1. The largest absolute Gasteiger partial charge is 0.385 e. The fourth-order valence-electron chi connectivity index (χ4n) is 2.86. The minimum Gasteiger partial charge on any atom is -0.385 e. The highest BCUT2D eigenvalue weighted by Crippen LogP contribution is 2.22. The number of methoxy groups -OCH3 is 1. The van der Waals surface area contributed by atoms with Gasteiger partial charge in [-0.15, -0.1) is 0 Å². The maximum atomic E-state index is 5.21. The Morgan fingerprint density at radius 2 is 2.11 bits per heavy atom. The first kappa shape index (κ1) is 14.5. The zero-order valence-electron chi connectivity index (χ0n) is 12.3. The van der Waals surface area contributed by atoms with Crippen molar-refractivity contribution in [2.24, 2.45) is 0 Å². The molecule has 0 aromatic heterocycles. The Labute approximate surface area is 116 Å². The average molecular weight is 262 g/mol. The van der Waals surface area contributed by atoms with Gasteiger partial charge in [0, 0.05) is 44.9 Å². The van der Waals surface area contributed by atoms with E-state index in [1.54, 1.807) is 7.11 Å².